The lowest BCUT2D eigenvalue weighted by Crippen LogP contribution is -2.39. The molecule has 1 aliphatic rings. The number of H-pyrrole nitrogens is 1. The minimum Gasteiger partial charge on any atom is -0.368 e. The molecule has 3 N–H and O–H groups in total. The molecular formula is C15H20N6O. The van der Waals surface area contributed by atoms with Gasteiger partial charge in [-0.1, -0.05) is 0 Å². The Hall–Kier alpha value is -2.44. The third-order valence-electron chi connectivity index (χ3n) is 4.28. The Balaban J connectivity index is 1.78. The van der Waals surface area contributed by atoms with Crippen LogP contribution < -0.4 is 5.73 Å². The summed E-state index contributed by atoms with van der Waals surface area (Å²) in [6.07, 6.45) is 3.61. The van der Waals surface area contributed by atoms with Crippen LogP contribution in [0.1, 0.15) is 46.2 Å². The molecule has 1 atom stereocenters. The Labute approximate surface area is 129 Å². The highest BCUT2D eigenvalue weighted by Crippen LogP contribution is 2.27. The molecule has 0 spiro atoms. The van der Waals surface area contributed by atoms with Gasteiger partial charge >= 0.3 is 0 Å². The maximum absolute atomic E-state index is 12.7. The highest BCUT2D eigenvalue weighted by Gasteiger charge is 2.28. The lowest BCUT2D eigenvalue weighted by Gasteiger charge is -2.32. The van der Waals surface area contributed by atoms with Crippen LogP contribution in [0.2, 0.25) is 0 Å². The predicted molar refractivity (Wildman–Crippen MR) is 82.4 cm³/mol. The van der Waals surface area contributed by atoms with Crippen LogP contribution in [0.3, 0.4) is 0 Å². The zero-order valence-corrected chi connectivity index (χ0v) is 12.8. The van der Waals surface area contributed by atoms with Crippen LogP contribution >= 0.6 is 0 Å². The van der Waals surface area contributed by atoms with Gasteiger partial charge in [-0.2, -0.15) is 5.10 Å². The van der Waals surface area contributed by atoms with E-state index in [2.05, 4.69) is 20.2 Å². The fourth-order valence-corrected chi connectivity index (χ4v) is 2.86. The second-order valence-corrected chi connectivity index (χ2v) is 5.75. The van der Waals surface area contributed by atoms with Gasteiger partial charge in [0.1, 0.15) is 0 Å². The number of nitrogens with one attached hydrogen (secondary N) is 1. The summed E-state index contributed by atoms with van der Waals surface area (Å²) in [6.45, 7) is 5.22. The SMILES string of the molecule is Cc1[nH]nc(C(=O)N2CCCC(c3ccnc(N)n3)C2)c1C. The molecule has 1 unspecified atom stereocenters. The molecule has 1 amide bonds. The number of nitrogens with two attached hydrogens (primary N) is 1. The standard InChI is InChI=1S/C15H20N6O/c1-9-10(2)19-20-13(9)14(22)21-7-3-4-11(8-21)12-5-6-17-15(16)18-12/h5-6,11H,3-4,7-8H2,1-2H3,(H,19,20)(H2,16,17,18). The van der Waals surface area contributed by atoms with E-state index in [9.17, 15) is 4.79 Å². The number of carbonyl (C=O) groups excluding carboxylic acids is 1. The van der Waals surface area contributed by atoms with Gasteiger partial charge in [-0.25, -0.2) is 9.97 Å². The second-order valence-electron chi connectivity index (χ2n) is 5.75. The van der Waals surface area contributed by atoms with Crippen LogP contribution in [-0.4, -0.2) is 44.1 Å². The van der Waals surface area contributed by atoms with Crippen LogP contribution in [0.4, 0.5) is 5.95 Å². The third-order valence-corrected chi connectivity index (χ3v) is 4.28. The topological polar surface area (TPSA) is 101 Å². The molecule has 7 heteroatoms. The van der Waals surface area contributed by atoms with E-state index in [0.717, 1.165) is 36.3 Å². The summed E-state index contributed by atoms with van der Waals surface area (Å²) in [5.74, 6) is 0.455. The van der Waals surface area contributed by atoms with Crippen LogP contribution in [-0.2, 0) is 0 Å². The van der Waals surface area contributed by atoms with Crippen molar-refractivity contribution in [2.45, 2.75) is 32.6 Å². The fraction of sp³-hybridized carbons (Fsp3) is 0.467. The number of carbonyl (C=O) groups is 1. The van der Waals surface area contributed by atoms with Crippen LogP contribution in [0.25, 0.3) is 0 Å². The molecule has 0 bridgehead atoms. The zero-order chi connectivity index (χ0) is 15.7. The smallest absolute Gasteiger partial charge is 0.274 e. The number of nitrogen functional groups attached to an aromatic ring is 1. The minimum atomic E-state index is -0.0198. The molecule has 2 aromatic rings. The van der Waals surface area contributed by atoms with Gasteiger partial charge in [-0.15, -0.1) is 0 Å². The second kappa shape index (κ2) is 5.75. The number of aromatic amines is 1. The summed E-state index contributed by atoms with van der Waals surface area (Å²) in [6, 6.07) is 1.87. The Bertz CT molecular complexity index is 695. The maximum Gasteiger partial charge on any atom is 0.274 e. The summed E-state index contributed by atoms with van der Waals surface area (Å²) < 4.78 is 0. The lowest BCUT2D eigenvalue weighted by atomic mass is 9.94. The molecule has 3 rings (SSSR count). The number of aromatic nitrogens is 4. The number of anilines is 1. The summed E-state index contributed by atoms with van der Waals surface area (Å²) in [5.41, 5.74) is 8.92. The summed E-state index contributed by atoms with van der Waals surface area (Å²) in [4.78, 5) is 22.7. The van der Waals surface area contributed by atoms with Crippen LogP contribution in [0.15, 0.2) is 12.3 Å². The summed E-state index contributed by atoms with van der Waals surface area (Å²) in [7, 11) is 0. The van der Waals surface area contributed by atoms with E-state index in [4.69, 9.17) is 5.73 Å². The quantitative estimate of drug-likeness (QED) is 0.873. The Kier molecular flexibility index (Phi) is 3.79. The Morgan fingerprint density at radius 3 is 2.95 bits per heavy atom. The molecule has 116 valence electrons. The van der Waals surface area contributed by atoms with Gasteiger partial charge in [0.2, 0.25) is 5.95 Å². The molecule has 0 aliphatic carbocycles. The monoisotopic (exact) mass is 300 g/mol. The first-order chi connectivity index (χ1) is 10.6. The van der Waals surface area contributed by atoms with Crippen LogP contribution in [0, 0.1) is 13.8 Å². The molecule has 22 heavy (non-hydrogen) atoms. The number of rotatable bonds is 2. The van der Waals surface area contributed by atoms with E-state index in [-0.39, 0.29) is 17.8 Å². The van der Waals surface area contributed by atoms with Crippen molar-refractivity contribution in [1.29, 1.82) is 0 Å². The molecular weight excluding hydrogens is 280 g/mol. The molecule has 2 aromatic heterocycles. The van der Waals surface area contributed by atoms with Crippen LogP contribution in [0.5, 0.6) is 0 Å². The fourth-order valence-electron chi connectivity index (χ4n) is 2.86. The lowest BCUT2D eigenvalue weighted by molar-refractivity contribution is 0.0699. The van der Waals surface area contributed by atoms with Gasteiger partial charge < -0.3 is 10.6 Å². The molecule has 7 nitrogen and oxygen atoms in total. The van der Waals surface area contributed by atoms with Gasteiger partial charge in [-0.05, 0) is 32.8 Å². The van der Waals surface area contributed by atoms with Crippen molar-refractivity contribution in [3.63, 3.8) is 0 Å². The van der Waals surface area contributed by atoms with Crippen molar-refractivity contribution < 1.29 is 4.79 Å². The van der Waals surface area contributed by atoms with E-state index in [1.165, 1.54) is 0 Å². The number of likely N-dealkylation sites (tertiary alicyclic amines) is 1. The average molecular weight is 300 g/mol. The number of piperidine rings is 1. The average Bonchev–Trinajstić information content (AvgIpc) is 2.86. The number of hydrogen-bond donors (Lipinski definition) is 2. The maximum atomic E-state index is 12.7. The van der Waals surface area contributed by atoms with Crippen molar-refractivity contribution in [2.75, 3.05) is 18.8 Å². The van der Waals surface area contributed by atoms with Gasteiger partial charge in [0.25, 0.3) is 5.91 Å². The number of aryl methyl sites for hydroxylation is 1. The van der Waals surface area contributed by atoms with Crippen molar-refractivity contribution in [3.8, 4) is 0 Å². The van der Waals surface area contributed by atoms with E-state index in [1.807, 2.05) is 24.8 Å². The molecule has 0 radical (unpaired) electrons. The third kappa shape index (κ3) is 2.66. The first-order valence-corrected chi connectivity index (χ1v) is 7.45. The molecule has 1 aliphatic heterocycles. The van der Waals surface area contributed by atoms with Crippen molar-refractivity contribution in [1.82, 2.24) is 25.1 Å². The van der Waals surface area contributed by atoms with Gasteiger partial charge in [0.15, 0.2) is 5.69 Å². The molecule has 1 saturated heterocycles. The first-order valence-electron chi connectivity index (χ1n) is 7.45. The highest BCUT2D eigenvalue weighted by atomic mass is 16.2. The van der Waals surface area contributed by atoms with Crippen molar-refractivity contribution in [3.05, 3.63) is 34.9 Å². The Morgan fingerprint density at radius 2 is 2.27 bits per heavy atom. The number of nitrogens with zero attached hydrogens (tertiary/aromatic N) is 4. The number of hydrogen-bond acceptors (Lipinski definition) is 5. The van der Waals surface area contributed by atoms with E-state index < -0.39 is 0 Å². The number of amides is 1. The van der Waals surface area contributed by atoms with Crippen molar-refractivity contribution >= 4 is 11.9 Å². The van der Waals surface area contributed by atoms with Gasteiger partial charge in [0.05, 0.1) is 5.69 Å². The zero-order valence-electron chi connectivity index (χ0n) is 12.8. The summed E-state index contributed by atoms with van der Waals surface area (Å²) >= 11 is 0. The van der Waals surface area contributed by atoms with Crippen molar-refractivity contribution in [2.24, 2.45) is 0 Å². The minimum absolute atomic E-state index is 0.0198. The molecule has 1 fully saturated rings. The Morgan fingerprint density at radius 1 is 1.45 bits per heavy atom. The molecule has 0 saturated carbocycles. The van der Waals surface area contributed by atoms with E-state index >= 15 is 0 Å². The van der Waals surface area contributed by atoms with E-state index in [1.54, 1.807) is 6.20 Å². The van der Waals surface area contributed by atoms with E-state index in [0.29, 0.717) is 12.2 Å². The normalized spacial score (nSPS) is 18.5. The highest BCUT2D eigenvalue weighted by molar-refractivity contribution is 5.94. The predicted octanol–water partition coefficient (Wildman–Crippen LogP) is 1.42. The molecule has 0 aromatic carbocycles. The molecule has 3 heterocycles. The first kappa shape index (κ1) is 14.5. The van der Waals surface area contributed by atoms with Gasteiger partial charge in [-0.3, -0.25) is 9.89 Å². The largest absolute Gasteiger partial charge is 0.368 e. The summed E-state index contributed by atoms with van der Waals surface area (Å²) in [5, 5.41) is 7.01. The van der Waals surface area contributed by atoms with Gasteiger partial charge in [0, 0.05) is 36.5 Å².